The van der Waals surface area contributed by atoms with Crippen LogP contribution >= 0.6 is 0 Å². The van der Waals surface area contributed by atoms with Gasteiger partial charge in [0.25, 0.3) is 0 Å². The average Bonchev–Trinajstić information content (AvgIpc) is 2.76. The second kappa shape index (κ2) is 4.95. The number of phenols is 1. The second-order valence-corrected chi connectivity index (χ2v) is 5.19. The zero-order chi connectivity index (χ0) is 15.1. The molecule has 1 amide bonds. The van der Waals surface area contributed by atoms with Gasteiger partial charge < -0.3 is 14.6 Å². The first-order valence-electron chi connectivity index (χ1n) is 7.08. The van der Waals surface area contributed by atoms with Crippen LogP contribution in [-0.4, -0.2) is 34.5 Å². The summed E-state index contributed by atoms with van der Waals surface area (Å²) in [7, 11) is 0. The molecular formula is C15H17NO5. The number of carbonyl (C=O) groups is 2. The Morgan fingerprint density at radius 2 is 2.14 bits per heavy atom. The summed E-state index contributed by atoms with van der Waals surface area (Å²) in [6.45, 7) is 4.26. The summed E-state index contributed by atoms with van der Waals surface area (Å²) in [5, 5.41) is 10.0. The molecule has 1 fully saturated rings. The summed E-state index contributed by atoms with van der Waals surface area (Å²) in [4.78, 5) is 25.0. The highest BCUT2D eigenvalue weighted by Crippen LogP contribution is 2.43. The Morgan fingerprint density at radius 1 is 1.38 bits per heavy atom. The smallest absolute Gasteiger partial charge is 0.399 e. The number of rotatable bonds is 3. The van der Waals surface area contributed by atoms with E-state index >= 15 is 0 Å². The van der Waals surface area contributed by atoms with Gasteiger partial charge in [-0.1, -0.05) is 6.92 Å². The zero-order valence-electron chi connectivity index (χ0n) is 12.0. The van der Waals surface area contributed by atoms with Gasteiger partial charge in [-0.2, -0.15) is 0 Å². The minimum Gasteiger partial charge on any atom is -0.504 e. The Labute approximate surface area is 122 Å². The molecule has 2 aliphatic heterocycles. The molecular weight excluding hydrogens is 274 g/mol. The quantitative estimate of drug-likeness (QED) is 0.675. The van der Waals surface area contributed by atoms with E-state index in [0.29, 0.717) is 24.3 Å². The minimum absolute atomic E-state index is 0.0131. The Bertz CT molecular complexity index is 612. The van der Waals surface area contributed by atoms with Crippen LogP contribution in [0.5, 0.6) is 11.5 Å². The highest BCUT2D eigenvalue weighted by atomic mass is 16.6. The van der Waals surface area contributed by atoms with Crippen molar-refractivity contribution in [1.29, 1.82) is 0 Å². The molecule has 2 aliphatic rings. The second-order valence-electron chi connectivity index (χ2n) is 5.19. The first-order chi connectivity index (χ1) is 10.1. The van der Waals surface area contributed by atoms with Crippen LogP contribution in [0.1, 0.15) is 37.6 Å². The van der Waals surface area contributed by atoms with Crippen LogP contribution in [0, 0.1) is 0 Å². The van der Waals surface area contributed by atoms with Gasteiger partial charge in [0.05, 0.1) is 6.61 Å². The van der Waals surface area contributed by atoms with Gasteiger partial charge in [-0.05, 0) is 37.5 Å². The minimum atomic E-state index is -0.834. The molecule has 2 atom stereocenters. The lowest BCUT2D eigenvalue weighted by atomic mass is 9.91. The number of fused-ring (bicyclic) bond motifs is 3. The van der Waals surface area contributed by atoms with E-state index in [1.807, 2.05) is 13.8 Å². The van der Waals surface area contributed by atoms with Crippen molar-refractivity contribution in [2.45, 2.75) is 39.0 Å². The summed E-state index contributed by atoms with van der Waals surface area (Å²) in [5.41, 5.74) is 1.59. The lowest BCUT2D eigenvalue weighted by Gasteiger charge is -2.36. The van der Waals surface area contributed by atoms with Gasteiger partial charge in [-0.3, -0.25) is 9.69 Å². The van der Waals surface area contributed by atoms with Gasteiger partial charge in [0.15, 0.2) is 11.5 Å². The van der Waals surface area contributed by atoms with E-state index in [-0.39, 0.29) is 11.8 Å². The van der Waals surface area contributed by atoms with Gasteiger partial charge >= 0.3 is 11.9 Å². The van der Waals surface area contributed by atoms with E-state index in [1.165, 1.54) is 11.0 Å². The van der Waals surface area contributed by atoms with Crippen molar-refractivity contribution in [3.05, 3.63) is 23.3 Å². The normalized spacial score (nSPS) is 23.6. The van der Waals surface area contributed by atoms with Crippen molar-refractivity contribution >= 4 is 11.9 Å². The molecule has 112 valence electrons. The predicted molar refractivity (Wildman–Crippen MR) is 72.7 cm³/mol. The molecule has 0 spiro atoms. The number of nitrogens with zero attached hydrogens (tertiary/aromatic N) is 1. The maximum Gasteiger partial charge on any atom is 0.399 e. The van der Waals surface area contributed by atoms with Crippen molar-refractivity contribution < 1.29 is 24.2 Å². The predicted octanol–water partition coefficient (Wildman–Crippen LogP) is 1.51. The maximum absolute atomic E-state index is 11.9. The highest BCUT2D eigenvalue weighted by molar-refractivity contribution is 6.34. The number of aromatic hydroxyl groups is 1. The monoisotopic (exact) mass is 291 g/mol. The van der Waals surface area contributed by atoms with Crippen molar-refractivity contribution in [2.24, 2.45) is 0 Å². The molecule has 1 aromatic carbocycles. The third kappa shape index (κ3) is 2.02. The molecule has 21 heavy (non-hydrogen) atoms. The molecule has 1 aromatic rings. The van der Waals surface area contributed by atoms with Crippen LogP contribution in [0.4, 0.5) is 0 Å². The fourth-order valence-corrected chi connectivity index (χ4v) is 2.99. The summed E-state index contributed by atoms with van der Waals surface area (Å²) in [6, 6.07) is 3.21. The van der Waals surface area contributed by atoms with Crippen LogP contribution in [-0.2, 0) is 20.7 Å². The van der Waals surface area contributed by atoms with Crippen LogP contribution in [0.3, 0.4) is 0 Å². The molecule has 1 saturated heterocycles. The van der Waals surface area contributed by atoms with Gasteiger partial charge in [-0.15, -0.1) is 0 Å². The van der Waals surface area contributed by atoms with E-state index in [9.17, 15) is 14.7 Å². The van der Waals surface area contributed by atoms with Crippen molar-refractivity contribution in [1.82, 2.24) is 4.90 Å². The molecule has 0 aromatic heterocycles. The van der Waals surface area contributed by atoms with E-state index in [1.54, 1.807) is 6.07 Å². The molecule has 3 rings (SSSR count). The molecule has 2 heterocycles. The number of carbonyl (C=O) groups excluding carboxylic acids is 2. The molecule has 6 nitrogen and oxygen atoms in total. The van der Waals surface area contributed by atoms with Crippen LogP contribution in [0.25, 0.3) is 0 Å². The number of benzene rings is 1. The largest absolute Gasteiger partial charge is 0.504 e. The van der Waals surface area contributed by atoms with Gasteiger partial charge in [0.1, 0.15) is 0 Å². The summed E-state index contributed by atoms with van der Waals surface area (Å²) < 4.78 is 10.6. The van der Waals surface area contributed by atoms with Crippen molar-refractivity contribution in [2.75, 3.05) is 6.61 Å². The topological polar surface area (TPSA) is 76.1 Å². The Morgan fingerprint density at radius 3 is 2.81 bits per heavy atom. The first kappa shape index (κ1) is 13.7. The number of amides is 1. The van der Waals surface area contributed by atoms with E-state index < -0.39 is 18.1 Å². The lowest BCUT2D eigenvalue weighted by Crippen LogP contribution is -2.43. The molecule has 6 heteroatoms. The van der Waals surface area contributed by atoms with E-state index in [0.717, 1.165) is 12.0 Å². The summed E-state index contributed by atoms with van der Waals surface area (Å²) in [6.07, 6.45) is 0.606. The number of hydrogen-bond donors (Lipinski definition) is 1. The molecule has 2 unspecified atom stereocenters. The van der Waals surface area contributed by atoms with Gasteiger partial charge in [-0.25, -0.2) is 4.79 Å². The van der Waals surface area contributed by atoms with Crippen LogP contribution in [0.15, 0.2) is 12.1 Å². The fraction of sp³-hybridized carbons (Fsp3) is 0.467. The fourth-order valence-electron chi connectivity index (χ4n) is 2.99. The average molecular weight is 291 g/mol. The van der Waals surface area contributed by atoms with Crippen molar-refractivity contribution in [3.8, 4) is 11.5 Å². The van der Waals surface area contributed by atoms with Gasteiger partial charge in [0.2, 0.25) is 6.23 Å². The first-order valence-corrected chi connectivity index (χ1v) is 7.08. The van der Waals surface area contributed by atoms with E-state index in [2.05, 4.69) is 0 Å². The molecule has 0 aliphatic carbocycles. The number of ether oxygens (including phenoxy) is 2. The molecule has 1 N–H and O–H groups in total. The number of phenolic OH excluding ortho intramolecular Hbond substituents is 1. The standard InChI is InChI=1S/C15H17NO5/c1-3-9-5-8-6-12(20-4-2)11(17)7-10(8)14-16(9)13(18)15(19)21-14/h6-7,9,14,17H,3-5H2,1-2H3. The van der Waals surface area contributed by atoms with Gasteiger partial charge in [0, 0.05) is 11.6 Å². The molecule has 0 bridgehead atoms. The molecule has 0 radical (unpaired) electrons. The maximum atomic E-state index is 11.9. The van der Waals surface area contributed by atoms with E-state index in [4.69, 9.17) is 9.47 Å². The van der Waals surface area contributed by atoms with Crippen molar-refractivity contribution in [3.63, 3.8) is 0 Å². The number of hydrogen-bond acceptors (Lipinski definition) is 5. The third-order valence-electron chi connectivity index (χ3n) is 3.99. The number of esters is 1. The zero-order valence-corrected chi connectivity index (χ0v) is 12.0. The Kier molecular flexibility index (Phi) is 3.23. The highest BCUT2D eigenvalue weighted by Gasteiger charge is 2.48. The summed E-state index contributed by atoms with van der Waals surface area (Å²) >= 11 is 0. The Hall–Kier alpha value is -2.24. The third-order valence-corrected chi connectivity index (χ3v) is 3.99. The van der Waals surface area contributed by atoms with Crippen LogP contribution < -0.4 is 4.74 Å². The molecule has 0 saturated carbocycles. The summed E-state index contributed by atoms with van der Waals surface area (Å²) in [5.74, 6) is -1.04. The SMILES string of the molecule is CCOc1cc2c(cc1O)C1OC(=O)C(=O)N1C(CC)C2. The Balaban J connectivity index is 2.07. The lowest BCUT2D eigenvalue weighted by molar-refractivity contribution is -0.149. The van der Waals surface area contributed by atoms with Crippen LogP contribution in [0.2, 0.25) is 0 Å².